The number of barbiturate groups is 1. The third-order valence-corrected chi connectivity index (χ3v) is 5.02. The zero-order valence-electron chi connectivity index (χ0n) is 14.8. The van der Waals surface area contributed by atoms with E-state index in [2.05, 4.69) is 22.6 Å². The third-order valence-electron chi connectivity index (χ3n) is 4.06. The lowest BCUT2D eigenvalue weighted by Gasteiger charge is -2.16. The smallest absolute Gasteiger partial charge is 0.328 e. The van der Waals surface area contributed by atoms with Gasteiger partial charge in [-0.3, -0.25) is 20.2 Å². The first-order valence-corrected chi connectivity index (χ1v) is 9.54. The second-order valence-corrected chi connectivity index (χ2v) is 7.14. The molecule has 0 aliphatic carbocycles. The molecule has 1 fully saturated rings. The lowest BCUT2D eigenvalue weighted by atomic mass is 10.0. The molecule has 0 unspecified atom stereocenters. The van der Waals surface area contributed by atoms with Crippen LogP contribution in [-0.2, 0) is 16.0 Å². The first kappa shape index (κ1) is 20.0. The van der Waals surface area contributed by atoms with Gasteiger partial charge >= 0.3 is 6.03 Å². The molecule has 0 aromatic heterocycles. The number of halogens is 2. The summed E-state index contributed by atoms with van der Waals surface area (Å²) in [6.07, 6.45) is 1.72. The number of ether oxygens (including phenoxy) is 1. The van der Waals surface area contributed by atoms with Crippen LogP contribution in [0.4, 0.5) is 9.18 Å². The van der Waals surface area contributed by atoms with Crippen molar-refractivity contribution in [2.24, 2.45) is 0 Å². The SMILES string of the molecule is CCOc1cc(C=C2C(=O)NC(=O)NC2=O)cc(I)c1Cc1ccccc1F. The van der Waals surface area contributed by atoms with E-state index < -0.39 is 17.8 Å². The summed E-state index contributed by atoms with van der Waals surface area (Å²) in [4.78, 5) is 35.0. The first-order chi connectivity index (χ1) is 13.4. The van der Waals surface area contributed by atoms with Crippen molar-refractivity contribution in [1.82, 2.24) is 10.6 Å². The molecule has 0 radical (unpaired) electrons. The highest BCUT2D eigenvalue weighted by Gasteiger charge is 2.27. The number of rotatable bonds is 5. The van der Waals surface area contributed by atoms with Gasteiger partial charge in [0, 0.05) is 15.6 Å². The van der Waals surface area contributed by atoms with E-state index in [0.29, 0.717) is 29.9 Å². The summed E-state index contributed by atoms with van der Waals surface area (Å²) >= 11 is 2.11. The molecular formula is C20H16FIN2O4. The fraction of sp³-hybridized carbons (Fsp3) is 0.150. The second kappa shape index (κ2) is 8.51. The highest BCUT2D eigenvalue weighted by atomic mass is 127. The molecule has 6 nitrogen and oxygen atoms in total. The minimum absolute atomic E-state index is 0.181. The van der Waals surface area contributed by atoms with Gasteiger partial charge in [0.15, 0.2) is 0 Å². The highest BCUT2D eigenvalue weighted by Crippen LogP contribution is 2.30. The van der Waals surface area contributed by atoms with Gasteiger partial charge in [0.2, 0.25) is 0 Å². The maximum Gasteiger partial charge on any atom is 0.328 e. The Bertz CT molecular complexity index is 982. The number of hydrogen-bond donors (Lipinski definition) is 2. The van der Waals surface area contributed by atoms with Gasteiger partial charge in [0.05, 0.1) is 6.61 Å². The summed E-state index contributed by atoms with van der Waals surface area (Å²) in [7, 11) is 0. The second-order valence-electron chi connectivity index (χ2n) is 5.98. The van der Waals surface area contributed by atoms with Crippen LogP contribution in [0.2, 0.25) is 0 Å². The van der Waals surface area contributed by atoms with Gasteiger partial charge < -0.3 is 4.74 Å². The van der Waals surface area contributed by atoms with Gasteiger partial charge in [-0.25, -0.2) is 9.18 Å². The van der Waals surface area contributed by atoms with E-state index in [9.17, 15) is 18.8 Å². The molecule has 1 saturated heterocycles. The van der Waals surface area contributed by atoms with E-state index in [0.717, 1.165) is 9.13 Å². The van der Waals surface area contributed by atoms with Gasteiger partial charge in [-0.15, -0.1) is 0 Å². The van der Waals surface area contributed by atoms with Crippen molar-refractivity contribution < 1.29 is 23.5 Å². The number of nitrogens with one attached hydrogen (secondary N) is 2. The molecule has 2 aromatic carbocycles. The minimum atomic E-state index is -0.850. The van der Waals surface area contributed by atoms with Crippen molar-refractivity contribution in [2.75, 3.05) is 6.61 Å². The number of hydrogen-bond acceptors (Lipinski definition) is 4. The van der Waals surface area contributed by atoms with Gasteiger partial charge in [-0.05, 0) is 64.9 Å². The normalized spacial score (nSPS) is 13.8. The molecule has 0 atom stereocenters. The molecule has 0 bridgehead atoms. The zero-order chi connectivity index (χ0) is 20.3. The van der Waals surface area contributed by atoms with E-state index >= 15 is 0 Å². The summed E-state index contributed by atoms with van der Waals surface area (Å²) in [6.45, 7) is 2.23. The maximum absolute atomic E-state index is 14.1. The van der Waals surface area contributed by atoms with Gasteiger partial charge in [-0.1, -0.05) is 18.2 Å². The molecular weight excluding hydrogens is 478 g/mol. The van der Waals surface area contributed by atoms with Crippen LogP contribution in [-0.4, -0.2) is 24.5 Å². The summed E-state index contributed by atoms with van der Waals surface area (Å²) in [5, 5.41) is 4.06. The van der Waals surface area contributed by atoms with Crippen molar-refractivity contribution >= 4 is 46.5 Å². The number of amides is 4. The Morgan fingerprint density at radius 3 is 2.43 bits per heavy atom. The topological polar surface area (TPSA) is 84.5 Å². The number of urea groups is 1. The van der Waals surface area contributed by atoms with E-state index in [4.69, 9.17) is 4.74 Å². The number of carbonyl (C=O) groups excluding carboxylic acids is 3. The molecule has 2 aromatic rings. The Balaban J connectivity index is 2.00. The molecule has 1 aliphatic heterocycles. The van der Waals surface area contributed by atoms with Gasteiger partial charge in [0.1, 0.15) is 17.1 Å². The quantitative estimate of drug-likeness (QED) is 0.380. The molecule has 28 heavy (non-hydrogen) atoms. The average molecular weight is 494 g/mol. The van der Waals surface area contributed by atoms with Crippen molar-refractivity contribution in [2.45, 2.75) is 13.3 Å². The van der Waals surface area contributed by atoms with E-state index in [1.807, 2.05) is 17.6 Å². The van der Waals surface area contributed by atoms with Crippen molar-refractivity contribution in [3.8, 4) is 5.75 Å². The summed E-state index contributed by atoms with van der Waals surface area (Å²) in [6, 6.07) is 9.12. The van der Waals surface area contributed by atoms with Crippen LogP contribution in [0.1, 0.15) is 23.6 Å². The van der Waals surface area contributed by atoms with Crippen LogP contribution in [0.15, 0.2) is 42.0 Å². The summed E-state index contributed by atoms with van der Waals surface area (Å²) < 4.78 is 20.6. The number of imide groups is 2. The Morgan fingerprint density at radius 2 is 1.79 bits per heavy atom. The first-order valence-electron chi connectivity index (χ1n) is 8.46. The van der Waals surface area contributed by atoms with E-state index in [1.165, 1.54) is 12.1 Å². The molecule has 4 amide bonds. The predicted molar refractivity (Wildman–Crippen MR) is 109 cm³/mol. The van der Waals surface area contributed by atoms with E-state index in [-0.39, 0.29) is 11.4 Å². The molecule has 0 spiro atoms. The monoisotopic (exact) mass is 494 g/mol. The molecule has 2 N–H and O–H groups in total. The predicted octanol–water partition coefficient (Wildman–Crippen LogP) is 3.17. The van der Waals surface area contributed by atoms with Gasteiger partial charge in [0.25, 0.3) is 11.8 Å². The van der Waals surface area contributed by atoms with Crippen molar-refractivity contribution in [3.05, 3.63) is 68.0 Å². The minimum Gasteiger partial charge on any atom is -0.494 e. The van der Waals surface area contributed by atoms with Crippen molar-refractivity contribution in [1.29, 1.82) is 0 Å². The largest absolute Gasteiger partial charge is 0.494 e. The Morgan fingerprint density at radius 1 is 1.11 bits per heavy atom. The average Bonchev–Trinajstić information content (AvgIpc) is 2.63. The molecule has 0 saturated carbocycles. The van der Waals surface area contributed by atoms with Crippen molar-refractivity contribution in [3.63, 3.8) is 0 Å². The molecule has 1 aliphatic rings. The fourth-order valence-electron chi connectivity index (χ4n) is 2.78. The Labute approximate surface area is 174 Å². The fourth-order valence-corrected chi connectivity index (χ4v) is 3.59. The van der Waals surface area contributed by atoms with Gasteiger partial charge in [-0.2, -0.15) is 0 Å². The third kappa shape index (κ3) is 4.38. The standard InChI is InChI=1S/C20H16FIN2O4/c1-2-28-17-9-11(7-14-18(25)23-20(27)24-19(14)26)8-16(22)13(17)10-12-5-3-4-6-15(12)21/h3-9H,2,10H2,1H3,(H2,23,24,25,26,27). The lowest BCUT2D eigenvalue weighted by Crippen LogP contribution is -2.51. The molecule has 144 valence electrons. The number of carbonyl (C=O) groups is 3. The van der Waals surface area contributed by atoms with E-state index in [1.54, 1.807) is 30.3 Å². The summed E-state index contributed by atoms with van der Waals surface area (Å²) in [5.41, 5.74) is 1.72. The molecule has 3 rings (SSSR count). The zero-order valence-corrected chi connectivity index (χ0v) is 17.0. The summed E-state index contributed by atoms with van der Waals surface area (Å²) in [5.74, 6) is -1.29. The van der Waals surface area contributed by atoms with Crippen LogP contribution in [0.3, 0.4) is 0 Å². The Kier molecular flexibility index (Phi) is 6.08. The van der Waals surface area contributed by atoms with Crippen LogP contribution >= 0.6 is 22.6 Å². The van der Waals surface area contributed by atoms with Crippen LogP contribution in [0, 0.1) is 9.39 Å². The lowest BCUT2D eigenvalue weighted by molar-refractivity contribution is -0.123. The van der Waals surface area contributed by atoms with Crippen LogP contribution in [0.25, 0.3) is 6.08 Å². The van der Waals surface area contributed by atoms with Crippen LogP contribution < -0.4 is 15.4 Å². The molecule has 1 heterocycles. The maximum atomic E-state index is 14.1. The van der Waals surface area contributed by atoms with Crippen LogP contribution in [0.5, 0.6) is 5.75 Å². The Hall–Kier alpha value is -2.75. The molecule has 8 heteroatoms. The number of benzene rings is 2. The highest BCUT2D eigenvalue weighted by molar-refractivity contribution is 14.1.